The van der Waals surface area contributed by atoms with Gasteiger partial charge >= 0.3 is 7.12 Å². The molecule has 1 aromatic carbocycles. The van der Waals surface area contributed by atoms with Crippen LogP contribution < -0.4 is 5.46 Å². The van der Waals surface area contributed by atoms with Gasteiger partial charge in [-0.2, -0.15) is 0 Å². The van der Waals surface area contributed by atoms with Crippen molar-refractivity contribution >= 4 is 12.6 Å². The van der Waals surface area contributed by atoms with Gasteiger partial charge in [0.1, 0.15) is 0 Å². The normalized spacial score (nSPS) is 23.8. The first-order valence-electron chi connectivity index (χ1n) is 7.78. The molecule has 3 rings (SSSR count). The fourth-order valence-corrected chi connectivity index (χ4v) is 3.23. The molecule has 1 fully saturated rings. The lowest BCUT2D eigenvalue weighted by atomic mass is 9.74. The van der Waals surface area contributed by atoms with Crippen LogP contribution in [0, 0.1) is 6.92 Å². The average Bonchev–Trinajstić information content (AvgIpc) is 2.58. The molecule has 1 aliphatic heterocycles. The summed E-state index contributed by atoms with van der Waals surface area (Å²) in [5.41, 5.74) is 5.11. The molecule has 3 heteroatoms. The van der Waals surface area contributed by atoms with Crippen LogP contribution in [0.2, 0.25) is 0 Å². The Hall–Kier alpha value is -0.795. The van der Waals surface area contributed by atoms with E-state index in [0.29, 0.717) is 0 Å². The van der Waals surface area contributed by atoms with Crippen LogP contribution in [0.4, 0.5) is 0 Å². The van der Waals surface area contributed by atoms with Gasteiger partial charge in [-0.1, -0.05) is 12.1 Å². The van der Waals surface area contributed by atoms with E-state index in [4.69, 9.17) is 9.31 Å². The van der Waals surface area contributed by atoms with Crippen molar-refractivity contribution in [1.29, 1.82) is 0 Å². The lowest BCUT2D eigenvalue weighted by molar-refractivity contribution is 0.00578. The Labute approximate surface area is 123 Å². The summed E-state index contributed by atoms with van der Waals surface area (Å²) in [5.74, 6) is 0. The molecule has 1 heterocycles. The van der Waals surface area contributed by atoms with Gasteiger partial charge in [0.25, 0.3) is 0 Å². The summed E-state index contributed by atoms with van der Waals surface area (Å²) in [7, 11) is -0.231. The van der Waals surface area contributed by atoms with Crippen molar-refractivity contribution in [2.24, 2.45) is 0 Å². The van der Waals surface area contributed by atoms with Gasteiger partial charge in [0, 0.05) is 0 Å². The molecule has 1 saturated heterocycles. The average molecular weight is 272 g/mol. The highest BCUT2D eigenvalue weighted by molar-refractivity contribution is 6.62. The molecule has 20 heavy (non-hydrogen) atoms. The van der Waals surface area contributed by atoms with Crippen LogP contribution in [0.25, 0.3) is 0 Å². The first-order chi connectivity index (χ1) is 9.30. The van der Waals surface area contributed by atoms with E-state index in [2.05, 4.69) is 46.8 Å². The zero-order chi connectivity index (χ0) is 14.5. The third-order valence-electron chi connectivity index (χ3n) is 5.24. The van der Waals surface area contributed by atoms with E-state index in [-0.39, 0.29) is 18.3 Å². The Morgan fingerprint density at radius 3 is 2.20 bits per heavy atom. The molecule has 0 N–H and O–H groups in total. The van der Waals surface area contributed by atoms with Crippen molar-refractivity contribution in [3.63, 3.8) is 0 Å². The number of aryl methyl sites for hydroxylation is 2. The smallest absolute Gasteiger partial charge is 0.399 e. The summed E-state index contributed by atoms with van der Waals surface area (Å²) in [4.78, 5) is 0. The van der Waals surface area contributed by atoms with Crippen LogP contribution in [-0.4, -0.2) is 18.3 Å². The van der Waals surface area contributed by atoms with Gasteiger partial charge < -0.3 is 9.31 Å². The van der Waals surface area contributed by atoms with Gasteiger partial charge in [-0.25, -0.2) is 0 Å². The Bertz CT molecular complexity index is 518. The van der Waals surface area contributed by atoms with E-state index in [0.717, 1.165) is 0 Å². The minimum atomic E-state index is -0.262. The maximum absolute atomic E-state index is 6.17. The summed E-state index contributed by atoms with van der Waals surface area (Å²) >= 11 is 0. The molecule has 2 nitrogen and oxygen atoms in total. The van der Waals surface area contributed by atoms with Crippen molar-refractivity contribution in [2.45, 2.75) is 71.5 Å². The third-order valence-corrected chi connectivity index (χ3v) is 5.24. The van der Waals surface area contributed by atoms with E-state index in [1.54, 1.807) is 5.56 Å². The second-order valence-electron chi connectivity index (χ2n) is 7.27. The highest BCUT2D eigenvalue weighted by atomic mass is 16.7. The highest BCUT2D eigenvalue weighted by Gasteiger charge is 2.51. The standard InChI is InChI=1S/C17H25BO2/c1-12-10-14(11-13-8-6-7-9-15(12)13)18-19-16(2,3)17(4,5)20-18/h10-11H,6-9H2,1-5H3. The molecule has 1 aromatic rings. The largest absolute Gasteiger partial charge is 0.494 e. The van der Waals surface area contributed by atoms with Crippen LogP contribution >= 0.6 is 0 Å². The predicted molar refractivity (Wildman–Crippen MR) is 83.5 cm³/mol. The Morgan fingerprint density at radius 1 is 0.950 bits per heavy atom. The zero-order valence-electron chi connectivity index (χ0n) is 13.4. The van der Waals surface area contributed by atoms with E-state index >= 15 is 0 Å². The molecular weight excluding hydrogens is 247 g/mol. The molecule has 2 aliphatic rings. The molecule has 108 valence electrons. The van der Waals surface area contributed by atoms with Gasteiger partial charge in [-0.3, -0.25) is 0 Å². The van der Waals surface area contributed by atoms with E-state index < -0.39 is 0 Å². The Balaban J connectivity index is 1.94. The highest BCUT2D eigenvalue weighted by Crippen LogP contribution is 2.37. The summed E-state index contributed by atoms with van der Waals surface area (Å²) in [6.45, 7) is 10.7. The van der Waals surface area contributed by atoms with E-state index in [1.807, 2.05) is 0 Å². The van der Waals surface area contributed by atoms with Crippen LogP contribution in [0.1, 0.15) is 57.2 Å². The van der Waals surface area contributed by atoms with Gasteiger partial charge in [0.2, 0.25) is 0 Å². The second-order valence-corrected chi connectivity index (χ2v) is 7.27. The third kappa shape index (κ3) is 2.21. The quantitative estimate of drug-likeness (QED) is 0.731. The van der Waals surface area contributed by atoms with Crippen molar-refractivity contribution in [3.8, 4) is 0 Å². The Kier molecular flexibility index (Phi) is 3.26. The fraction of sp³-hybridized carbons (Fsp3) is 0.647. The molecule has 0 atom stereocenters. The van der Waals surface area contributed by atoms with Crippen molar-refractivity contribution in [2.75, 3.05) is 0 Å². The van der Waals surface area contributed by atoms with E-state index in [9.17, 15) is 0 Å². The summed E-state index contributed by atoms with van der Waals surface area (Å²) in [5, 5.41) is 0. The first-order valence-corrected chi connectivity index (χ1v) is 7.78. The molecule has 0 radical (unpaired) electrons. The molecule has 0 unspecified atom stereocenters. The summed E-state index contributed by atoms with van der Waals surface area (Å²) in [6.07, 6.45) is 5.05. The van der Waals surface area contributed by atoms with Crippen LogP contribution in [0.3, 0.4) is 0 Å². The van der Waals surface area contributed by atoms with Crippen LogP contribution in [0.15, 0.2) is 12.1 Å². The lowest BCUT2D eigenvalue weighted by Gasteiger charge is -2.32. The maximum atomic E-state index is 6.17. The van der Waals surface area contributed by atoms with Crippen molar-refractivity contribution in [3.05, 3.63) is 28.8 Å². The SMILES string of the molecule is Cc1cc(B2OC(C)(C)C(C)(C)O2)cc2c1CCCC2. The molecule has 0 bridgehead atoms. The number of rotatable bonds is 1. The van der Waals surface area contributed by atoms with Crippen LogP contribution in [0.5, 0.6) is 0 Å². The first kappa shape index (κ1) is 14.2. The number of hydrogen-bond acceptors (Lipinski definition) is 2. The molecule has 0 saturated carbocycles. The maximum Gasteiger partial charge on any atom is 0.494 e. The van der Waals surface area contributed by atoms with Gasteiger partial charge in [-0.15, -0.1) is 0 Å². The molecular formula is C17H25BO2. The molecule has 0 amide bonds. The van der Waals surface area contributed by atoms with Gasteiger partial charge in [-0.05, 0) is 82.5 Å². The lowest BCUT2D eigenvalue weighted by Crippen LogP contribution is -2.41. The predicted octanol–water partition coefficient (Wildman–Crippen LogP) is 3.17. The second kappa shape index (κ2) is 4.61. The van der Waals surface area contributed by atoms with Crippen LogP contribution in [-0.2, 0) is 22.2 Å². The minimum absolute atomic E-state index is 0.231. The molecule has 0 aromatic heterocycles. The Morgan fingerprint density at radius 2 is 1.55 bits per heavy atom. The summed E-state index contributed by atoms with van der Waals surface area (Å²) in [6, 6.07) is 4.57. The summed E-state index contributed by atoms with van der Waals surface area (Å²) < 4.78 is 12.3. The van der Waals surface area contributed by atoms with Gasteiger partial charge in [0.05, 0.1) is 11.2 Å². The topological polar surface area (TPSA) is 18.5 Å². The van der Waals surface area contributed by atoms with Crippen molar-refractivity contribution in [1.82, 2.24) is 0 Å². The zero-order valence-corrected chi connectivity index (χ0v) is 13.4. The minimum Gasteiger partial charge on any atom is -0.399 e. The van der Waals surface area contributed by atoms with Crippen molar-refractivity contribution < 1.29 is 9.31 Å². The molecule has 0 spiro atoms. The monoisotopic (exact) mass is 272 g/mol. The molecule has 1 aliphatic carbocycles. The number of hydrogen-bond donors (Lipinski definition) is 0. The number of fused-ring (bicyclic) bond motifs is 1. The van der Waals surface area contributed by atoms with E-state index in [1.165, 1.54) is 42.3 Å². The van der Waals surface area contributed by atoms with Gasteiger partial charge in [0.15, 0.2) is 0 Å². The number of benzene rings is 1. The fourth-order valence-electron chi connectivity index (χ4n) is 3.23.